The van der Waals surface area contributed by atoms with E-state index in [0.29, 0.717) is 41.8 Å². The van der Waals surface area contributed by atoms with Gasteiger partial charge in [-0.1, -0.05) is 23.2 Å². The molecule has 1 heterocycles. The van der Waals surface area contributed by atoms with Crippen molar-refractivity contribution in [2.75, 3.05) is 31.7 Å². The number of carbonyl (C=O) groups excluding carboxylic acids is 2. The van der Waals surface area contributed by atoms with Crippen molar-refractivity contribution in [2.24, 2.45) is 5.92 Å². The number of nitrogens with one attached hydrogen (secondary N) is 1. The van der Waals surface area contributed by atoms with E-state index in [1.165, 1.54) is 0 Å². The van der Waals surface area contributed by atoms with Gasteiger partial charge in [0.2, 0.25) is 11.8 Å². The van der Waals surface area contributed by atoms with Crippen molar-refractivity contribution in [1.82, 2.24) is 5.32 Å². The van der Waals surface area contributed by atoms with Crippen LogP contribution in [0.4, 0.5) is 5.69 Å². The number of methoxy groups -OCH3 is 1. The Labute approximate surface area is 133 Å². The standard InChI is InChI=1S/C14H16Cl2N2O3/c1-21-7-5-17-13(19)10-4-6-18(14(10)20)9-2-3-11(15)12(16)8-9/h2-3,8,10H,4-7H2,1H3,(H,17,19)/t10-/m1/s1. The highest BCUT2D eigenvalue weighted by atomic mass is 35.5. The molecule has 1 aliphatic heterocycles. The summed E-state index contributed by atoms with van der Waals surface area (Å²) in [5, 5.41) is 3.51. The number of rotatable bonds is 5. The van der Waals surface area contributed by atoms with Gasteiger partial charge in [0.15, 0.2) is 0 Å². The van der Waals surface area contributed by atoms with Crippen LogP contribution in [0.25, 0.3) is 0 Å². The molecule has 114 valence electrons. The van der Waals surface area contributed by atoms with Gasteiger partial charge in [0, 0.05) is 25.9 Å². The number of hydrogen-bond acceptors (Lipinski definition) is 3. The Kier molecular flexibility index (Phi) is 5.45. The summed E-state index contributed by atoms with van der Waals surface area (Å²) >= 11 is 11.8. The van der Waals surface area contributed by atoms with Crippen LogP contribution in [0.1, 0.15) is 6.42 Å². The lowest BCUT2D eigenvalue weighted by Crippen LogP contribution is -2.38. The monoisotopic (exact) mass is 330 g/mol. The molecule has 2 rings (SSSR count). The Bertz CT molecular complexity index is 551. The van der Waals surface area contributed by atoms with Gasteiger partial charge in [-0.2, -0.15) is 0 Å². The van der Waals surface area contributed by atoms with Crippen LogP contribution >= 0.6 is 23.2 Å². The molecule has 1 aliphatic rings. The maximum atomic E-state index is 12.3. The molecule has 0 bridgehead atoms. The van der Waals surface area contributed by atoms with Gasteiger partial charge in [-0.25, -0.2) is 0 Å². The maximum Gasteiger partial charge on any atom is 0.239 e. The molecule has 0 aliphatic carbocycles. The third kappa shape index (κ3) is 3.67. The molecular weight excluding hydrogens is 315 g/mol. The van der Waals surface area contributed by atoms with Crippen LogP contribution in [0, 0.1) is 5.92 Å². The SMILES string of the molecule is COCCNC(=O)[C@H]1CCN(c2ccc(Cl)c(Cl)c2)C1=O. The number of anilines is 1. The highest BCUT2D eigenvalue weighted by Gasteiger charge is 2.37. The number of carbonyl (C=O) groups is 2. The number of amides is 2. The summed E-state index contributed by atoms with van der Waals surface area (Å²) in [6.07, 6.45) is 0.484. The molecule has 1 saturated heterocycles. The average Bonchev–Trinajstić information content (AvgIpc) is 2.84. The minimum absolute atomic E-state index is 0.219. The second kappa shape index (κ2) is 7.11. The number of halogens is 2. The summed E-state index contributed by atoms with van der Waals surface area (Å²) in [5.41, 5.74) is 0.654. The van der Waals surface area contributed by atoms with Crippen molar-refractivity contribution in [2.45, 2.75) is 6.42 Å². The predicted molar refractivity (Wildman–Crippen MR) is 81.8 cm³/mol. The molecule has 1 aromatic carbocycles. The van der Waals surface area contributed by atoms with Gasteiger partial charge in [0.05, 0.1) is 16.7 Å². The van der Waals surface area contributed by atoms with E-state index in [-0.39, 0.29) is 11.8 Å². The highest BCUT2D eigenvalue weighted by Crippen LogP contribution is 2.31. The van der Waals surface area contributed by atoms with Crippen LogP contribution < -0.4 is 10.2 Å². The molecule has 0 aromatic heterocycles. The van der Waals surface area contributed by atoms with E-state index < -0.39 is 5.92 Å². The lowest BCUT2D eigenvalue weighted by Gasteiger charge is -2.17. The minimum Gasteiger partial charge on any atom is -0.383 e. The third-order valence-corrected chi connectivity index (χ3v) is 4.08. The van der Waals surface area contributed by atoms with Crippen LogP contribution in [0.2, 0.25) is 10.0 Å². The van der Waals surface area contributed by atoms with Crippen molar-refractivity contribution in [3.05, 3.63) is 28.2 Å². The van der Waals surface area contributed by atoms with Crippen molar-refractivity contribution in [3.8, 4) is 0 Å². The lowest BCUT2D eigenvalue weighted by atomic mass is 10.1. The number of benzene rings is 1. The fourth-order valence-electron chi connectivity index (χ4n) is 2.23. The molecule has 0 saturated carbocycles. The minimum atomic E-state index is -0.656. The second-order valence-electron chi connectivity index (χ2n) is 4.71. The second-order valence-corrected chi connectivity index (χ2v) is 5.53. The first-order chi connectivity index (χ1) is 10.0. The fraction of sp³-hybridized carbons (Fsp3) is 0.429. The molecule has 0 radical (unpaired) electrons. The Morgan fingerprint density at radius 3 is 2.86 bits per heavy atom. The Balaban J connectivity index is 2.03. The lowest BCUT2D eigenvalue weighted by molar-refractivity contribution is -0.132. The molecule has 1 N–H and O–H groups in total. The molecule has 21 heavy (non-hydrogen) atoms. The Morgan fingerprint density at radius 2 is 2.19 bits per heavy atom. The van der Waals surface area contributed by atoms with Crippen LogP contribution in [0.5, 0.6) is 0 Å². The largest absolute Gasteiger partial charge is 0.383 e. The molecule has 0 spiro atoms. The quantitative estimate of drug-likeness (QED) is 0.664. The van der Waals surface area contributed by atoms with Crippen molar-refractivity contribution in [1.29, 1.82) is 0 Å². The van der Waals surface area contributed by atoms with Gasteiger partial charge < -0.3 is 15.0 Å². The fourth-order valence-corrected chi connectivity index (χ4v) is 2.52. The summed E-state index contributed by atoms with van der Waals surface area (Å²) in [6, 6.07) is 4.99. The zero-order chi connectivity index (χ0) is 15.4. The maximum absolute atomic E-state index is 12.3. The first kappa shape index (κ1) is 16.1. The zero-order valence-electron chi connectivity index (χ0n) is 11.6. The van der Waals surface area contributed by atoms with Gasteiger partial charge in [-0.05, 0) is 24.6 Å². The van der Waals surface area contributed by atoms with Gasteiger partial charge in [0.25, 0.3) is 0 Å². The van der Waals surface area contributed by atoms with Crippen LogP contribution in [-0.2, 0) is 14.3 Å². The average molecular weight is 331 g/mol. The summed E-state index contributed by atoms with van der Waals surface area (Å²) in [4.78, 5) is 25.9. The van der Waals surface area contributed by atoms with E-state index >= 15 is 0 Å². The van der Waals surface area contributed by atoms with Crippen molar-refractivity contribution >= 4 is 40.7 Å². The number of hydrogen-bond donors (Lipinski definition) is 1. The third-order valence-electron chi connectivity index (χ3n) is 3.34. The van der Waals surface area contributed by atoms with E-state index in [1.807, 2.05) is 0 Å². The van der Waals surface area contributed by atoms with E-state index in [9.17, 15) is 9.59 Å². The van der Waals surface area contributed by atoms with Crippen LogP contribution in [-0.4, -0.2) is 38.6 Å². The van der Waals surface area contributed by atoms with Gasteiger partial charge in [-0.3, -0.25) is 9.59 Å². The van der Waals surface area contributed by atoms with Crippen LogP contribution in [0.15, 0.2) is 18.2 Å². The number of ether oxygens (including phenoxy) is 1. The summed E-state index contributed by atoms with van der Waals surface area (Å²) in [5.74, 6) is -1.14. The van der Waals surface area contributed by atoms with Crippen molar-refractivity contribution < 1.29 is 14.3 Å². The number of nitrogens with zero attached hydrogens (tertiary/aromatic N) is 1. The van der Waals surface area contributed by atoms with E-state index in [4.69, 9.17) is 27.9 Å². The van der Waals surface area contributed by atoms with Gasteiger partial charge in [-0.15, -0.1) is 0 Å². The molecule has 1 atom stereocenters. The summed E-state index contributed by atoms with van der Waals surface area (Å²) in [6.45, 7) is 1.30. The van der Waals surface area contributed by atoms with Gasteiger partial charge >= 0.3 is 0 Å². The smallest absolute Gasteiger partial charge is 0.239 e. The van der Waals surface area contributed by atoms with E-state index in [2.05, 4.69) is 5.32 Å². The Hall–Kier alpha value is -1.30. The molecule has 2 amide bonds. The first-order valence-electron chi connectivity index (χ1n) is 6.57. The van der Waals surface area contributed by atoms with Crippen molar-refractivity contribution in [3.63, 3.8) is 0 Å². The zero-order valence-corrected chi connectivity index (χ0v) is 13.1. The molecule has 1 aromatic rings. The normalized spacial score (nSPS) is 18.1. The first-order valence-corrected chi connectivity index (χ1v) is 7.33. The molecule has 7 heteroatoms. The summed E-state index contributed by atoms with van der Waals surface area (Å²) < 4.78 is 4.86. The molecule has 0 unspecified atom stereocenters. The topological polar surface area (TPSA) is 58.6 Å². The summed E-state index contributed by atoms with van der Waals surface area (Å²) in [7, 11) is 1.55. The molecular formula is C14H16Cl2N2O3. The highest BCUT2D eigenvalue weighted by molar-refractivity contribution is 6.42. The van der Waals surface area contributed by atoms with E-state index in [1.54, 1.807) is 30.2 Å². The molecule has 1 fully saturated rings. The predicted octanol–water partition coefficient (Wildman–Crippen LogP) is 2.11. The van der Waals surface area contributed by atoms with Crippen LogP contribution in [0.3, 0.4) is 0 Å². The van der Waals surface area contributed by atoms with Gasteiger partial charge in [0.1, 0.15) is 5.92 Å². The van der Waals surface area contributed by atoms with E-state index in [0.717, 1.165) is 0 Å². The Morgan fingerprint density at radius 1 is 1.43 bits per heavy atom. The molecule has 5 nitrogen and oxygen atoms in total.